The minimum absolute atomic E-state index is 0.0152. The first kappa shape index (κ1) is 15.8. The molecule has 9 heteroatoms. The molecule has 0 unspecified atom stereocenters. The minimum Gasteiger partial charge on any atom is -0.530 e. The quantitative estimate of drug-likeness (QED) is 0.793. The molecule has 0 aliphatic heterocycles. The minimum atomic E-state index is -1.44. The van der Waals surface area contributed by atoms with Gasteiger partial charge in [0.1, 0.15) is 11.8 Å². The van der Waals surface area contributed by atoms with Gasteiger partial charge in [-0.2, -0.15) is 0 Å². The van der Waals surface area contributed by atoms with Crippen LogP contribution in [0.2, 0.25) is 0 Å². The Hall–Kier alpha value is -2.55. The Balaban J connectivity index is 2.10. The van der Waals surface area contributed by atoms with Crippen LogP contribution in [0.15, 0.2) is 23.7 Å². The Morgan fingerprint density at radius 2 is 1.91 bits per heavy atom. The highest BCUT2D eigenvalue weighted by molar-refractivity contribution is 7.13. The molecule has 0 atom stereocenters. The number of benzene rings is 1. The monoisotopic (exact) mass is 326 g/mol. The van der Waals surface area contributed by atoms with Gasteiger partial charge in [-0.25, -0.2) is 13.8 Å². The number of carbonyl (C=O) groups is 2. The van der Waals surface area contributed by atoms with Crippen LogP contribution < -0.4 is 15.7 Å². The SMILES string of the molecule is O=C([O-])NCCNC(=O)c1ncsc1-c1ccc(F)c(F)c1. The van der Waals surface area contributed by atoms with E-state index in [0.29, 0.717) is 10.4 Å². The predicted molar refractivity (Wildman–Crippen MR) is 73.2 cm³/mol. The van der Waals surface area contributed by atoms with Gasteiger partial charge in [0.2, 0.25) is 0 Å². The summed E-state index contributed by atoms with van der Waals surface area (Å²) >= 11 is 1.11. The number of rotatable bonds is 5. The van der Waals surface area contributed by atoms with Crippen molar-refractivity contribution in [3.63, 3.8) is 0 Å². The first-order valence-corrected chi connectivity index (χ1v) is 6.99. The molecule has 1 heterocycles. The lowest BCUT2D eigenvalue weighted by atomic mass is 10.1. The van der Waals surface area contributed by atoms with E-state index in [-0.39, 0.29) is 18.8 Å². The third kappa shape index (κ3) is 3.76. The normalized spacial score (nSPS) is 10.3. The molecule has 6 nitrogen and oxygen atoms in total. The second-order valence-corrected chi connectivity index (χ2v) is 4.98. The molecule has 0 aliphatic carbocycles. The molecule has 0 bridgehead atoms. The van der Waals surface area contributed by atoms with Gasteiger partial charge in [0.25, 0.3) is 5.91 Å². The summed E-state index contributed by atoms with van der Waals surface area (Å²) in [6, 6.07) is 3.30. The summed E-state index contributed by atoms with van der Waals surface area (Å²) in [4.78, 5) is 26.4. The number of carboxylic acid groups (broad SMARTS) is 1. The number of nitrogens with one attached hydrogen (secondary N) is 2. The molecule has 2 rings (SSSR count). The maximum atomic E-state index is 13.3. The van der Waals surface area contributed by atoms with Crippen molar-refractivity contribution in [2.24, 2.45) is 0 Å². The van der Waals surface area contributed by atoms with E-state index in [2.05, 4.69) is 10.3 Å². The van der Waals surface area contributed by atoms with Crippen LogP contribution in [0.25, 0.3) is 10.4 Å². The number of amides is 2. The molecule has 0 fully saturated rings. The standard InChI is InChI=1S/C13H11F2N3O3S/c14-8-2-1-7(5-9(8)15)11-10(18-6-22-11)12(19)16-3-4-17-13(20)21/h1-2,5-6,17H,3-4H2,(H,16,19)(H,20,21)/p-1. The second-order valence-electron chi connectivity index (χ2n) is 4.13. The molecule has 0 saturated carbocycles. The van der Waals surface area contributed by atoms with E-state index in [9.17, 15) is 23.5 Å². The molecule has 116 valence electrons. The fraction of sp³-hybridized carbons (Fsp3) is 0.154. The molecule has 0 aliphatic rings. The molecule has 22 heavy (non-hydrogen) atoms. The lowest BCUT2D eigenvalue weighted by molar-refractivity contribution is -0.250. The van der Waals surface area contributed by atoms with Crippen LogP contribution in [0, 0.1) is 11.6 Å². The third-order valence-electron chi connectivity index (χ3n) is 2.64. The summed E-state index contributed by atoms with van der Waals surface area (Å²) in [7, 11) is 0. The molecule has 2 amide bonds. The zero-order valence-corrected chi connectivity index (χ0v) is 11.9. The van der Waals surface area contributed by atoms with Gasteiger partial charge in [-0.3, -0.25) is 4.79 Å². The van der Waals surface area contributed by atoms with Crippen molar-refractivity contribution in [3.05, 3.63) is 41.0 Å². The van der Waals surface area contributed by atoms with Gasteiger partial charge in [-0.05, 0) is 17.7 Å². The van der Waals surface area contributed by atoms with Crippen LogP contribution in [-0.4, -0.2) is 30.1 Å². The van der Waals surface area contributed by atoms with E-state index in [1.165, 1.54) is 11.6 Å². The average molecular weight is 326 g/mol. The first-order valence-electron chi connectivity index (χ1n) is 6.11. The maximum Gasteiger partial charge on any atom is 0.271 e. The van der Waals surface area contributed by atoms with E-state index < -0.39 is 23.6 Å². The zero-order chi connectivity index (χ0) is 16.1. The van der Waals surface area contributed by atoms with Crippen LogP contribution in [-0.2, 0) is 0 Å². The molecule has 2 N–H and O–H groups in total. The van der Waals surface area contributed by atoms with Crippen molar-refractivity contribution in [2.75, 3.05) is 13.1 Å². The van der Waals surface area contributed by atoms with E-state index in [0.717, 1.165) is 23.5 Å². The lowest BCUT2D eigenvalue weighted by Crippen LogP contribution is -2.41. The fourth-order valence-corrected chi connectivity index (χ4v) is 2.46. The summed E-state index contributed by atoms with van der Waals surface area (Å²) in [6.45, 7) is 0.0281. The molecular weight excluding hydrogens is 316 g/mol. The van der Waals surface area contributed by atoms with Crippen LogP contribution >= 0.6 is 11.3 Å². The number of nitrogens with zero attached hydrogens (tertiary/aromatic N) is 1. The summed E-state index contributed by atoms with van der Waals surface area (Å²) in [5, 5.41) is 14.6. The summed E-state index contributed by atoms with van der Waals surface area (Å²) in [5.41, 5.74) is 1.80. The fourth-order valence-electron chi connectivity index (χ4n) is 1.67. The molecule has 1 aromatic carbocycles. The van der Waals surface area contributed by atoms with Crippen LogP contribution in [0.1, 0.15) is 10.5 Å². The van der Waals surface area contributed by atoms with Crippen molar-refractivity contribution in [1.82, 2.24) is 15.6 Å². The second kappa shape index (κ2) is 6.94. The zero-order valence-electron chi connectivity index (χ0n) is 11.1. The van der Waals surface area contributed by atoms with Crippen molar-refractivity contribution < 1.29 is 23.5 Å². The van der Waals surface area contributed by atoms with Gasteiger partial charge in [0.15, 0.2) is 11.6 Å². The summed E-state index contributed by atoms with van der Waals surface area (Å²) in [6.07, 6.45) is -1.44. The Morgan fingerprint density at radius 3 is 2.59 bits per heavy atom. The van der Waals surface area contributed by atoms with E-state index >= 15 is 0 Å². The van der Waals surface area contributed by atoms with Gasteiger partial charge >= 0.3 is 0 Å². The van der Waals surface area contributed by atoms with Crippen molar-refractivity contribution in [2.45, 2.75) is 0 Å². The largest absolute Gasteiger partial charge is 0.530 e. The number of hydrogen-bond acceptors (Lipinski definition) is 5. The molecular formula is C13H10F2N3O3S-. The molecule has 2 aromatic rings. The van der Waals surface area contributed by atoms with Crippen LogP contribution in [0.5, 0.6) is 0 Å². The van der Waals surface area contributed by atoms with Gasteiger partial charge in [-0.1, -0.05) is 6.07 Å². The summed E-state index contributed by atoms with van der Waals surface area (Å²) in [5.74, 6) is -2.54. The van der Waals surface area contributed by atoms with E-state index in [4.69, 9.17) is 0 Å². The van der Waals surface area contributed by atoms with Crippen LogP contribution in [0.4, 0.5) is 13.6 Å². The lowest BCUT2D eigenvalue weighted by Gasteiger charge is -2.08. The van der Waals surface area contributed by atoms with E-state index in [1.807, 2.05) is 5.32 Å². The smallest absolute Gasteiger partial charge is 0.271 e. The van der Waals surface area contributed by atoms with Gasteiger partial charge in [0.05, 0.1) is 10.4 Å². The molecule has 0 radical (unpaired) electrons. The average Bonchev–Trinajstić information content (AvgIpc) is 2.95. The van der Waals surface area contributed by atoms with Gasteiger partial charge in [-0.15, -0.1) is 11.3 Å². The Morgan fingerprint density at radius 1 is 1.18 bits per heavy atom. The van der Waals surface area contributed by atoms with Crippen molar-refractivity contribution in [1.29, 1.82) is 0 Å². The topological polar surface area (TPSA) is 94.1 Å². The van der Waals surface area contributed by atoms with Crippen molar-refractivity contribution >= 4 is 23.3 Å². The predicted octanol–water partition coefficient (Wildman–Crippen LogP) is 0.751. The third-order valence-corrected chi connectivity index (χ3v) is 3.52. The number of thiazole rings is 1. The first-order chi connectivity index (χ1) is 10.5. The molecule has 0 spiro atoms. The Labute approximate surface area is 127 Å². The van der Waals surface area contributed by atoms with Crippen LogP contribution in [0.3, 0.4) is 0 Å². The molecule has 0 saturated heterocycles. The highest BCUT2D eigenvalue weighted by Gasteiger charge is 2.17. The number of halogens is 2. The number of hydrogen-bond donors (Lipinski definition) is 2. The highest BCUT2D eigenvalue weighted by atomic mass is 32.1. The summed E-state index contributed by atoms with van der Waals surface area (Å²) < 4.78 is 26.2. The number of carbonyl (C=O) groups excluding carboxylic acids is 2. The Bertz CT molecular complexity index is 706. The Kier molecular flexibility index (Phi) is 4.99. The van der Waals surface area contributed by atoms with E-state index in [1.54, 1.807) is 0 Å². The van der Waals surface area contributed by atoms with Gasteiger partial charge in [0, 0.05) is 13.1 Å². The maximum absolute atomic E-state index is 13.3. The van der Waals surface area contributed by atoms with Gasteiger partial charge < -0.3 is 20.5 Å². The van der Waals surface area contributed by atoms with Crippen molar-refractivity contribution in [3.8, 4) is 10.4 Å². The highest BCUT2D eigenvalue weighted by Crippen LogP contribution is 2.28. The number of aromatic nitrogens is 1. The molecule has 1 aromatic heterocycles.